The number of carboxylic acid groups (broad SMARTS) is 1. The van der Waals surface area contributed by atoms with E-state index in [1.165, 1.54) is 96.3 Å². The molecule has 2 unspecified atom stereocenters. The molecule has 8 heteroatoms. The Kier molecular flexibility index (Phi) is 24.9. The van der Waals surface area contributed by atoms with Gasteiger partial charge in [-0.3, -0.25) is 4.79 Å². The minimum absolute atomic E-state index is 0.173. The lowest BCUT2D eigenvalue weighted by molar-refractivity contribution is -0.870. The second-order valence-electron chi connectivity index (χ2n) is 12.0. The summed E-state index contributed by atoms with van der Waals surface area (Å²) in [6.45, 7) is 2.47. The SMILES string of the molecule is CCCCCCCCCCCCCCCCCCCCC(=O)OCC(O)COC(OCC[N+](C)(C)C)C(=O)[O-]. The van der Waals surface area contributed by atoms with Crippen molar-refractivity contribution in [1.82, 2.24) is 0 Å². The van der Waals surface area contributed by atoms with Gasteiger partial charge >= 0.3 is 5.97 Å². The van der Waals surface area contributed by atoms with Gasteiger partial charge in [-0.25, -0.2) is 0 Å². The van der Waals surface area contributed by atoms with Gasteiger partial charge in [0.2, 0.25) is 0 Å². The molecule has 0 heterocycles. The number of carbonyl (C=O) groups excluding carboxylic acids is 2. The molecule has 0 aliphatic carbocycles. The molecular formula is C31H61NO7. The first-order chi connectivity index (χ1) is 18.7. The molecule has 0 spiro atoms. The molecule has 8 nitrogen and oxygen atoms in total. The first kappa shape index (κ1) is 37.8. The maximum Gasteiger partial charge on any atom is 0.305 e. The number of esters is 1. The number of carbonyl (C=O) groups is 2. The third kappa shape index (κ3) is 28.1. The Morgan fingerprint density at radius 3 is 1.54 bits per heavy atom. The van der Waals surface area contributed by atoms with Crippen LogP contribution in [0.4, 0.5) is 0 Å². The van der Waals surface area contributed by atoms with Gasteiger partial charge in [0.1, 0.15) is 19.3 Å². The van der Waals surface area contributed by atoms with Crippen LogP contribution in [0.3, 0.4) is 0 Å². The van der Waals surface area contributed by atoms with Gasteiger partial charge in [-0.1, -0.05) is 116 Å². The van der Waals surface area contributed by atoms with Crippen LogP contribution < -0.4 is 5.11 Å². The summed E-state index contributed by atoms with van der Waals surface area (Å²) in [4.78, 5) is 23.0. The van der Waals surface area contributed by atoms with E-state index < -0.39 is 18.4 Å². The van der Waals surface area contributed by atoms with Crippen LogP contribution in [-0.4, -0.2) is 81.4 Å². The molecule has 2 atom stereocenters. The van der Waals surface area contributed by atoms with E-state index in [9.17, 15) is 19.8 Å². The van der Waals surface area contributed by atoms with E-state index in [0.717, 1.165) is 19.3 Å². The molecule has 39 heavy (non-hydrogen) atoms. The topological polar surface area (TPSA) is 105 Å². The quantitative estimate of drug-likeness (QED) is 0.0586. The van der Waals surface area contributed by atoms with Gasteiger partial charge in [-0.05, 0) is 6.42 Å². The molecule has 0 aromatic carbocycles. The number of rotatable bonds is 29. The zero-order chi connectivity index (χ0) is 29.2. The third-order valence-corrected chi connectivity index (χ3v) is 6.83. The van der Waals surface area contributed by atoms with E-state index in [1.807, 2.05) is 21.1 Å². The summed E-state index contributed by atoms with van der Waals surface area (Å²) in [5.41, 5.74) is 0. The minimum Gasteiger partial charge on any atom is -0.545 e. The van der Waals surface area contributed by atoms with Crippen molar-refractivity contribution in [3.63, 3.8) is 0 Å². The highest BCUT2D eigenvalue weighted by Gasteiger charge is 2.17. The molecule has 0 aliphatic rings. The molecule has 0 saturated heterocycles. The number of quaternary nitrogens is 1. The van der Waals surface area contributed by atoms with Crippen molar-refractivity contribution in [1.29, 1.82) is 0 Å². The predicted octanol–water partition coefficient (Wildman–Crippen LogP) is 5.14. The molecular weight excluding hydrogens is 498 g/mol. The number of hydrogen-bond donors (Lipinski definition) is 1. The fourth-order valence-corrected chi connectivity index (χ4v) is 4.30. The number of aliphatic hydroxyl groups is 1. The summed E-state index contributed by atoms with van der Waals surface area (Å²) >= 11 is 0. The van der Waals surface area contributed by atoms with Crippen molar-refractivity contribution in [3.8, 4) is 0 Å². The van der Waals surface area contributed by atoms with Crippen LogP contribution in [0.1, 0.15) is 129 Å². The third-order valence-electron chi connectivity index (χ3n) is 6.83. The summed E-state index contributed by atoms with van der Waals surface area (Å²) in [5, 5.41) is 21.1. The molecule has 0 saturated carbocycles. The van der Waals surface area contributed by atoms with E-state index in [0.29, 0.717) is 17.4 Å². The Bertz CT molecular complexity index is 580. The van der Waals surface area contributed by atoms with Gasteiger partial charge in [-0.2, -0.15) is 0 Å². The van der Waals surface area contributed by atoms with E-state index >= 15 is 0 Å². The number of hydrogen-bond acceptors (Lipinski definition) is 7. The molecule has 0 rings (SSSR count). The summed E-state index contributed by atoms with van der Waals surface area (Å²) in [5.74, 6) is -1.86. The lowest BCUT2D eigenvalue weighted by Crippen LogP contribution is -2.44. The lowest BCUT2D eigenvalue weighted by Gasteiger charge is -2.26. The smallest absolute Gasteiger partial charge is 0.305 e. The van der Waals surface area contributed by atoms with Crippen molar-refractivity contribution < 1.29 is 38.5 Å². The summed E-state index contributed by atoms with van der Waals surface area (Å²) in [6.07, 6.45) is 21.0. The number of carboxylic acids is 1. The van der Waals surface area contributed by atoms with Crippen molar-refractivity contribution in [3.05, 3.63) is 0 Å². The second-order valence-corrected chi connectivity index (χ2v) is 12.0. The van der Waals surface area contributed by atoms with E-state index in [-0.39, 0.29) is 25.8 Å². The van der Waals surface area contributed by atoms with Crippen LogP contribution in [-0.2, 0) is 23.8 Å². The maximum absolute atomic E-state index is 11.9. The van der Waals surface area contributed by atoms with Gasteiger partial charge in [0.25, 0.3) is 0 Å². The van der Waals surface area contributed by atoms with Gasteiger partial charge in [0.15, 0.2) is 6.29 Å². The fourth-order valence-electron chi connectivity index (χ4n) is 4.30. The van der Waals surface area contributed by atoms with Crippen molar-refractivity contribution in [2.75, 3.05) is 47.5 Å². The highest BCUT2D eigenvalue weighted by molar-refractivity contribution is 5.69. The molecule has 0 aromatic rings. The monoisotopic (exact) mass is 559 g/mol. The van der Waals surface area contributed by atoms with E-state index in [2.05, 4.69) is 6.92 Å². The Hall–Kier alpha value is -1.22. The summed E-state index contributed by atoms with van der Waals surface area (Å²) in [7, 11) is 5.87. The fraction of sp³-hybridized carbons (Fsp3) is 0.935. The Morgan fingerprint density at radius 1 is 0.692 bits per heavy atom. The largest absolute Gasteiger partial charge is 0.545 e. The Labute approximate surface area is 239 Å². The standard InChI is InChI=1S/C31H61NO7/c1-5-6-7-8-9-10-11-12-13-14-15-16-17-18-19-20-21-22-23-29(34)38-26-28(33)27-39-31(30(35)36)37-25-24-32(2,3)4/h28,31,33H,5-27H2,1-4H3. The van der Waals surface area contributed by atoms with Crippen LogP contribution >= 0.6 is 0 Å². The molecule has 232 valence electrons. The maximum atomic E-state index is 11.9. The first-order valence-electron chi connectivity index (χ1n) is 15.7. The number of likely N-dealkylation sites (N-methyl/N-ethyl adjacent to an activating group) is 1. The number of unbranched alkanes of at least 4 members (excludes halogenated alkanes) is 17. The average molecular weight is 560 g/mol. The number of aliphatic hydroxyl groups excluding tert-OH is 1. The average Bonchev–Trinajstić information content (AvgIpc) is 2.87. The normalized spacial score (nSPS) is 13.4. The zero-order valence-electron chi connectivity index (χ0n) is 25.8. The van der Waals surface area contributed by atoms with Gasteiger partial charge in [0.05, 0.1) is 40.3 Å². The summed E-state index contributed by atoms with van der Waals surface area (Å²) in [6, 6.07) is 0. The molecule has 0 aromatic heterocycles. The highest BCUT2D eigenvalue weighted by Crippen LogP contribution is 2.14. The van der Waals surface area contributed by atoms with E-state index in [1.54, 1.807) is 0 Å². The first-order valence-corrected chi connectivity index (χ1v) is 15.7. The van der Waals surface area contributed by atoms with Gasteiger partial charge < -0.3 is 33.7 Å². The molecule has 0 radical (unpaired) electrons. The number of aliphatic carboxylic acids is 1. The van der Waals surface area contributed by atoms with Crippen molar-refractivity contribution in [2.24, 2.45) is 0 Å². The summed E-state index contributed by atoms with van der Waals surface area (Å²) < 4.78 is 16.0. The predicted molar refractivity (Wildman–Crippen MR) is 154 cm³/mol. The van der Waals surface area contributed by atoms with Crippen LogP contribution in [0, 0.1) is 0 Å². The number of nitrogens with zero attached hydrogens (tertiary/aromatic N) is 1. The van der Waals surface area contributed by atoms with Gasteiger partial charge in [0, 0.05) is 6.42 Å². The highest BCUT2D eigenvalue weighted by atomic mass is 16.7. The number of ether oxygens (including phenoxy) is 3. The lowest BCUT2D eigenvalue weighted by atomic mass is 10.0. The minimum atomic E-state index is -1.57. The van der Waals surface area contributed by atoms with Crippen LogP contribution in [0.5, 0.6) is 0 Å². The molecule has 0 fully saturated rings. The van der Waals surface area contributed by atoms with E-state index in [4.69, 9.17) is 14.2 Å². The molecule has 0 amide bonds. The van der Waals surface area contributed by atoms with Gasteiger partial charge in [-0.15, -0.1) is 0 Å². The Balaban J connectivity index is 3.53. The van der Waals surface area contributed by atoms with Crippen LogP contribution in [0.25, 0.3) is 0 Å². The van der Waals surface area contributed by atoms with Crippen LogP contribution in [0.15, 0.2) is 0 Å². The van der Waals surface area contributed by atoms with Crippen molar-refractivity contribution >= 4 is 11.9 Å². The van der Waals surface area contributed by atoms with Crippen LogP contribution in [0.2, 0.25) is 0 Å². The Morgan fingerprint density at radius 2 is 1.13 bits per heavy atom. The zero-order valence-corrected chi connectivity index (χ0v) is 25.8. The molecule has 0 aliphatic heterocycles. The molecule has 1 N–H and O–H groups in total. The van der Waals surface area contributed by atoms with Crippen molar-refractivity contribution in [2.45, 2.75) is 141 Å². The second kappa shape index (κ2) is 25.7. The molecule has 0 bridgehead atoms.